The SMILES string of the molecule is O=C(c1ccccc1)N1CCN(c2ncnc3c2cnn3Cc2ccccc2)CC1. The van der Waals surface area contributed by atoms with Gasteiger partial charge in [0.05, 0.1) is 18.1 Å². The minimum atomic E-state index is 0.0822. The highest BCUT2D eigenvalue weighted by Crippen LogP contribution is 2.24. The summed E-state index contributed by atoms with van der Waals surface area (Å²) in [5, 5.41) is 5.49. The van der Waals surface area contributed by atoms with Gasteiger partial charge in [-0.1, -0.05) is 48.5 Å². The molecule has 30 heavy (non-hydrogen) atoms. The van der Waals surface area contributed by atoms with E-state index < -0.39 is 0 Å². The maximum atomic E-state index is 12.7. The Balaban J connectivity index is 1.33. The van der Waals surface area contributed by atoms with Crippen molar-refractivity contribution in [1.29, 1.82) is 0 Å². The molecule has 0 bridgehead atoms. The Morgan fingerprint density at radius 3 is 2.30 bits per heavy atom. The van der Waals surface area contributed by atoms with Crippen molar-refractivity contribution in [2.45, 2.75) is 6.54 Å². The number of carbonyl (C=O) groups excluding carboxylic acids is 1. The van der Waals surface area contributed by atoms with Crippen LogP contribution >= 0.6 is 0 Å². The van der Waals surface area contributed by atoms with Crippen molar-refractivity contribution in [3.05, 3.63) is 84.3 Å². The summed E-state index contributed by atoms with van der Waals surface area (Å²) in [6.07, 6.45) is 3.44. The van der Waals surface area contributed by atoms with Crippen LogP contribution in [0, 0.1) is 0 Å². The van der Waals surface area contributed by atoms with Crippen LogP contribution in [0.3, 0.4) is 0 Å². The molecule has 1 saturated heterocycles. The normalized spacial score (nSPS) is 14.3. The van der Waals surface area contributed by atoms with E-state index >= 15 is 0 Å². The Labute approximate surface area is 174 Å². The van der Waals surface area contributed by atoms with Crippen molar-refractivity contribution in [2.24, 2.45) is 0 Å². The number of aromatic nitrogens is 4. The molecule has 1 fully saturated rings. The fourth-order valence-electron chi connectivity index (χ4n) is 3.89. The van der Waals surface area contributed by atoms with Crippen molar-refractivity contribution in [2.75, 3.05) is 31.1 Å². The van der Waals surface area contributed by atoms with Crippen LogP contribution in [0.1, 0.15) is 15.9 Å². The third-order valence-corrected chi connectivity index (χ3v) is 5.47. The molecule has 2 aromatic heterocycles. The van der Waals surface area contributed by atoms with Gasteiger partial charge in [-0.3, -0.25) is 4.79 Å². The van der Waals surface area contributed by atoms with Crippen LogP contribution in [0.4, 0.5) is 5.82 Å². The molecule has 0 spiro atoms. The summed E-state index contributed by atoms with van der Waals surface area (Å²) in [5.74, 6) is 0.963. The maximum Gasteiger partial charge on any atom is 0.253 e. The molecule has 2 aromatic carbocycles. The van der Waals surface area contributed by atoms with Crippen molar-refractivity contribution < 1.29 is 4.79 Å². The number of rotatable bonds is 4. The van der Waals surface area contributed by atoms with Crippen LogP contribution in [0.15, 0.2) is 73.2 Å². The topological polar surface area (TPSA) is 67.2 Å². The van der Waals surface area contributed by atoms with Gasteiger partial charge >= 0.3 is 0 Å². The van der Waals surface area contributed by atoms with Gasteiger partial charge in [0.25, 0.3) is 5.91 Å². The zero-order valence-corrected chi connectivity index (χ0v) is 16.6. The third kappa shape index (κ3) is 3.50. The van der Waals surface area contributed by atoms with Crippen LogP contribution in [-0.2, 0) is 6.54 Å². The van der Waals surface area contributed by atoms with Gasteiger partial charge in [-0.15, -0.1) is 0 Å². The first-order valence-electron chi connectivity index (χ1n) is 10.1. The number of piperazine rings is 1. The number of hydrogen-bond acceptors (Lipinski definition) is 5. The molecule has 1 amide bonds. The first kappa shape index (κ1) is 18.3. The number of carbonyl (C=O) groups is 1. The van der Waals surface area contributed by atoms with Crippen molar-refractivity contribution in [1.82, 2.24) is 24.6 Å². The highest BCUT2D eigenvalue weighted by molar-refractivity contribution is 5.94. The smallest absolute Gasteiger partial charge is 0.253 e. The van der Waals surface area contributed by atoms with Gasteiger partial charge in [-0.2, -0.15) is 5.10 Å². The molecule has 0 N–H and O–H groups in total. The van der Waals surface area contributed by atoms with E-state index in [1.54, 1.807) is 6.33 Å². The summed E-state index contributed by atoms with van der Waals surface area (Å²) in [6, 6.07) is 19.7. The van der Waals surface area contributed by atoms with Gasteiger partial charge in [0, 0.05) is 31.7 Å². The fourth-order valence-corrected chi connectivity index (χ4v) is 3.89. The molecule has 7 heteroatoms. The molecular formula is C23H22N6O. The number of amides is 1. The molecule has 3 heterocycles. The Kier molecular flexibility index (Phi) is 4.85. The van der Waals surface area contributed by atoms with Crippen LogP contribution in [0.25, 0.3) is 11.0 Å². The maximum absolute atomic E-state index is 12.7. The third-order valence-electron chi connectivity index (χ3n) is 5.47. The molecule has 5 rings (SSSR count). The highest BCUT2D eigenvalue weighted by atomic mass is 16.2. The first-order valence-corrected chi connectivity index (χ1v) is 10.1. The van der Waals surface area contributed by atoms with Gasteiger partial charge < -0.3 is 9.80 Å². The highest BCUT2D eigenvalue weighted by Gasteiger charge is 2.24. The molecule has 0 unspecified atom stereocenters. The molecule has 0 radical (unpaired) electrons. The predicted octanol–water partition coefficient (Wildman–Crippen LogP) is 2.84. The summed E-state index contributed by atoms with van der Waals surface area (Å²) >= 11 is 0. The van der Waals surface area contributed by atoms with Crippen LogP contribution < -0.4 is 4.90 Å². The Hall–Kier alpha value is -3.74. The number of hydrogen-bond donors (Lipinski definition) is 0. The molecule has 1 aliphatic rings. The Bertz CT molecular complexity index is 1150. The van der Waals surface area contributed by atoms with E-state index in [1.165, 1.54) is 5.56 Å². The van der Waals surface area contributed by atoms with Gasteiger partial charge in [0.1, 0.15) is 12.1 Å². The summed E-state index contributed by atoms with van der Waals surface area (Å²) in [6.45, 7) is 3.46. The van der Waals surface area contributed by atoms with Crippen molar-refractivity contribution in [3.8, 4) is 0 Å². The standard InChI is InChI=1S/C23H22N6O/c30-23(19-9-5-2-6-10-19)28-13-11-27(12-14-28)21-20-15-26-29(22(20)25-17-24-21)16-18-7-3-1-4-8-18/h1-10,15,17H,11-14,16H2. The molecule has 4 aromatic rings. The fraction of sp³-hybridized carbons (Fsp3) is 0.217. The van der Waals surface area contributed by atoms with Crippen molar-refractivity contribution >= 4 is 22.8 Å². The second kappa shape index (κ2) is 7.94. The second-order valence-electron chi connectivity index (χ2n) is 7.37. The average molecular weight is 398 g/mol. The van der Waals surface area contributed by atoms with E-state index in [0.717, 1.165) is 35.5 Å². The molecule has 7 nitrogen and oxygen atoms in total. The Morgan fingerprint density at radius 2 is 1.57 bits per heavy atom. The largest absolute Gasteiger partial charge is 0.352 e. The van der Waals surface area contributed by atoms with Gasteiger partial charge in [-0.25, -0.2) is 14.6 Å². The molecule has 1 aliphatic heterocycles. The lowest BCUT2D eigenvalue weighted by atomic mass is 10.2. The zero-order valence-electron chi connectivity index (χ0n) is 16.6. The van der Waals surface area contributed by atoms with Gasteiger partial charge in [0.15, 0.2) is 5.65 Å². The van der Waals surface area contributed by atoms with E-state index in [-0.39, 0.29) is 5.91 Å². The number of fused-ring (bicyclic) bond motifs is 1. The summed E-state index contributed by atoms with van der Waals surface area (Å²) in [5.41, 5.74) is 2.74. The number of benzene rings is 2. The lowest BCUT2D eigenvalue weighted by Gasteiger charge is -2.35. The first-order chi connectivity index (χ1) is 14.8. The van der Waals surface area contributed by atoms with Gasteiger partial charge in [-0.05, 0) is 17.7 Å². The minimum absolute atomic E-state index is 0.0822. The average Bonchev–Trinajstić information content (AvgIpc) is 3.23. The molecular weight excluding hydrogens is 376 g/mol. The van der Waals surface area contributed by atoms with Crippen molar-refractivity contribution in [3.63, 3.8) is 0 Å². The lowest BCUT2D eigenvalue weighted by molar-refractivity contribution is 0.0746. The Morgan fingerprint density at radius 1 is 0.867 bits per heavy atom. The van der Waals surface area contributed by atoms with Crippen LogP contribution in [0.5, 0.6) is 0 Å². The van der Waals surface area contributed by atoms with E-state index in [9.17, 15) is 4.79 Å². The van der Waals surface area contributed by atoms with E-state index in [0.29, 0.717) is 19.6 Å². The molecule has 150 valence electrons. The summed E-state index contributed by atoms with van der Waals surface area (Å²) in [4.78, 5) is 25.8. The quantitative estimate of drug-likeness (QED) is 0.529. The minimum Gasteiger partial charge on any atom is -0.352 e. The second-order valence-corrected chi connectivity index (χ2v) is 7.37. The number of anilines is 1. The lowest BCUT2D eigenvalue weighted by Crippen LogP contribution is -2.49. The van der Waals surface area contributed by atoms with Crippen LogP contribution in [-0.4, -0.2) is 56.7 Å². The van der Waals surface area contributed by atoms with E-state index in [2.05, 4.69) is 32.1 Å². The zero-order chi connectivity index (χ0) is 20.3. The summed E-state index contributed by atoms with van der Waals surface area (Å²) in [7, 11) is 0. The van der Waals surface area contributed by atoms with Gasteiger partial charge in [0.2, 0.25) is 0 Å². The van der Waals surface area contributed by atoms with E-state index in [1.807, 2.05) is 64.3 Å². The number of nitrogens with zero attached hydrogens (tertiary/aromatic N) is 6. The van der Waals surface area contributed by atoms with Crippen LogP contribution in [0.2, 0.25) is 0 Å². The van der Waals surface area contributed by atoms with E-state index in [4.69, 9.17) is 0 Å². The molecule has 0 atom stereocenters. The summed E-state index contributed by atoms with van der Waals surface area (Å²) < 4.78 is 1.91. The molecule has 0 saturated carbocycles. The predicted molar refractivity (Wildman–Crippen MR) is 115 cm³/mol. The monoisotopic (exact) mass is 398 g/mol. The molecule has 0 aliphatic carbocycles.